The van der Waals surface area contributed by atoms with Crippen molar-refractivity contribution in [3.63, 3.8) is 0 Å². The molecule has 2 aromatic carbocycles. The molecule has 1 aromatic heterocycles. The van der Waals surface area contributed by atoms with Crippen molar-refractivity contribution < 1.29 is 14.0 Å². The number of hydrogen-bond donors (Lipinski definition) is 2. The predicted octanol–water partition coefficient (Wildman–Crippen LogP) is 3.46. The first kappa shape index (κ1) is 16.8. The highest BCUT2D eigenvalue weighted by molar-refractivity contribution is 7.14. The minimum atomic E-state index is -0.493. The fourth-order valence-electron chi connectivity index (χ4n) is 2.10. The third-order valence-corrected chi connectivity index (χ3v) is 4.10. The van der Waals surface area contributed by atoms with Crippen LogP contribution in [0.15, 0.2) is 60.0 Å². The topological polar surface area (TPSA) is 71.1 Å². The molecule has 3 aromatic rings. The van der Waals surface area contributed by atoms with E-state index in [-0.39, 0.29) is 22.3 Å². The van der Waals surface area contributed by atoms with E-state index < -0.39 is 11.7 Å². The Hall–Kier alpha value is -3.06. The van der Waals surface area contributed by atoms with E-state index in [1.165, 1.54) is 18.2 Å². The van der Waals surface area contributed by atoms with Crippen LogP contribution in [-0.2, 0) is 6.54 Å². The third kappa shape index (κ3) is 4.48. The molecule has 25 heavy (non-hydrogen) atoms. The Kier molecular flexibility index (Phi) is 5.15. The zero-order chi connectivity index (χ0) is 17.6. The number of benzene rings is 2. The number of rotatable bonds is 5. The Morgan fingerprint density at radius 2 is 1.84 bits per heavy atom. The molecule has 0 aliphatic heterocycles. The van der Waals surface area contributed by atoms with Gasteiger partial charge in [-0.3, -0.25) is 14.9 Å². The maximum Gasteiger partial charge on any atom is 0.271 e. The van der Waals surface area contributed by atoms with Gasteiger partial charge in [0.15, 0.2) is 5.13 Å². The molecule has 7 heteroatoms. The van der Waals surface area contributed by atoms with E-state index in [1.807, 2.05) is 30.3 Å². The lowest BCUT2D eigenvalue weighted by atomic mass is 10.2. The van der Waals surface area contributed by atoms with E-state index in [9.17, 15) is 14.0 Å². The number of thiazole rings is 1. The first-order chi connectivity index (χ1) is 12.1. The Morgan fingerprint density at radius 3 is 2.60 bits per heavy atom. The van der Waals surface area contributed by atoms with Crippen molar-refractivity contribution >= 4 is 28.3 Å². The molecule has 3 rings (SSSR count). The van der Waals surface area contributed by atoms with Crippen molar-refractivity contribution in [1.29, 1.82) is 0 Å². The van der Waals surface area contributed by atoms with Gasteiger partial charge < -0.3 is 5.32 Å². The van der Waals surface area contributed by atoms with Crippen molar-refractivity contribution in [2.45, 2.75) is 6.54 Å². The fourth-order valence-corrected chi connectivity index (χ4v) is 2.79. The molecule has 0 aliphatic carbocycles. The lowest BCUT2D eigenvalue weighted by Crippen LogP contribution is -2.23. The van der Waals surface area contributed by atoms with Crippen LogP contribution in [0.25, 0.3) is 0 Å². The average Bonchev–Trinajstić information content (AvgIpc) is 3.09. The van der Waals surface area contributed by atoms with E-state index in [0.29, 0.717) is 6.54 Å². The van der Waals surface area contributed by atoms with E-state index >= 15 is 0 Å². The van der Waals surface area contributed by atoms with Gasteiger partial charge in [-0.1, -0.05) is 36.4 Å². The summed E-state index contributed by atoms with van der Waals surface area (Å²) in [5.41, 5.74) is 1.38. The number of nitrogens with zero attached hydrogens (tertiary/aromatic N) is 1. The van der Waals surface area contributed by atoms with E-state index in [0.717, 1.165) is 23.0 Å². The van der Waals surface area contributed by atoms with Gasteiger partial charge in [0.05, 0.1) is 0 Å². The number of carbonyl (C=O) groups excluding carboxylic acids is 2. The molecule has 0 bridgehead atoms. The second kappa shape index (κ2) is 7.67. The summed E-state index contributed by atoms with van der Waals surface area (Å²) in [6, 6.07) is 14.9. The van der Waals surface area contributed by atoms with Crippen LogP contribution in [0.4, 0.5) is 9.52 Å². The maximum atomic E-state index is 13.2. The zero-order valence-corrected chi connectivity index (χ0v) is 13.8. The number of amides is 2. The van der Waals surface area contributed by atoms with E-state index in [1.54, 1.807) is 5.38 Å². The monoisotopic (exact) mass is 355 g/mol. The molecular formula is C18H14FN3O2S. The molecule has 0 aliphatic rings. The number of hydrogen-bond acceptors (Lipinski definition) is 4. The molecule has 0 radical (unpaired) electrons. The second-order valence-corrected chi connectivity index (χ2v) is 6.03. The van der Waals surface area contributed by atoms with Crippen LogP contribution >= 0.6 is 11.3 Å². The summed E-state index contributed by atoms with van der Waals surface area (Å²) in [4.78, 5) is 28.2. The highest BCUT2D eigenvalue weighted by Crippen LogP contribution is 2.17. The normalized spacial score (nSPS) is 10.3. The summed E-state index contributed by atoms with van der Waals surface area (Å²) in [7, 11) is 0. The Balaban J connectivity index is 1.60. The Labute approximate surface area is 147 Å². The zero-order valence-electron chi connectivity index (χ0n) is 13.0. The first-order valence-electron chi connectivity index (χ1n) is 7.46. The third-order valence-electron chi connectivity index (χ3n) is 3.34. The van der Waals surface area contributed by atoms with Crippen LogP contribution < -0.4 is 10.6 Å². The van der Waals surface area contributed by atoms with Gasteiger partial charge in [-0.05, 0) is 23.8 Å². The Bertz CT molecular complexity index is 896. The molecule has 0 saturated carbocycles. The first-order valence-corrected chi connectivity index (χ1v) is 8.34. The quantitative estimate of drug-likeness (QED) is 0.736. The number of halogens is 1. The maximum absolute atomic E-state index is 13.2. The Morgan fingerprint density at radius 1 is 1.04 bits per heavy atom. The minimum absolute atomic E-state index is 0.185. The smallest absolute Gasteiger partial charge is 0.271 e. The molecule has 0 spiro atoms. The molecule has 1 heterocycles. The molecule has 126 valence electrons. The highest BCUT2D eigenvalue weighted by atomic mass is 32.1. The summed E-state index contributed by atoms with van der Waals surface area (Å²) in [5, 5.41) is 7.15. The molecule has 5 nitrogen and oxygen atoms in total. The number of aromatic nitrogens is 1. The van der Waals surface area contributed by atoms with Gasteiger partial charge in [0.2, 0.25) is 0 Å². The van der Waals surface area contributed by atoms with Crippen LogP contribution in [0.2, 0.25) is 0 Å². The molecule has 0 unspecified atom stereocenters. The lowest BCUT2D eigenvalue weighted by Gasteiger charge is -2.03. The SMILES string of the molecule is O=C(Nc1nc(C(=O)NCc2ccccc2)cs1)c1cccc(F)c1. The molecule has 0 saturated heterocycles. The lowest BCUT2D eigenvalue weighted by molar-refractivity contribution is 0.0945. The van der Waals surface area contributed by atoms with Gasteiger partial charge in [0.25, 0.3) is 11.8 Å². The fraction of sp³-hybridized carbons (Fsp3) is 0.0556. The minimum Gasteiger partial charge on any atom is -0.347 e. The summed E-state index contributed by atoms with van der Waals surface area (Å²) >= 11 is 1.13. The molecular weight excluding hydrogens is 341 g/mol. The van der Waals surface area contributed by atoms with Gasteiger partial charge in [-0.15, -0.1) is 11.3 Å². The van der Waals surface area contributed by atoms with Crippen molar-refractivity contribution in [3.05, 3.63) is 82.6 Å². The number of nitrogens with one attached hydrogen (secondary N) is 2. The molecule has 0 atom stereocenters. The van der Waals surface area contributed by atoms with E-state index in [4.69, 9.17) is 0 Å². The predicted molar refractivity (Wildman–Crippen MR) is 94.1 cm³/mol. The second-order valence-electron chi connectivity index (χ2n) is 5.17. The number of anilines is 1. The van der Waals surface area contributed by atoms with Crippen molar-refractivity contribution in [2.75, 3.05) is 5.32 Å². The van der Waals surface area contributed by atoms with Crippen LogP contribution in [0, 0.1) is 5.82 Å². The van der Waals surface area contributed by atoms with E-state index in [2.05, 4.69) is 15.6 Å². The summed E-state index contributed by atoms with van der Waals surface area (Å²) in [6.07, 6.45) is 0. The van der Waals surface area contributed by atoms with Gasteiger partial charge in [-0.25, -0.2) is 9.37 Å². The van der Waals surface area contributed by atoms with Crippen LogP contribution in [0.1, 0.15) is 26.4 Å². The van der Waals surface area contributed by atoms with Crippen molar-refractivity contribution in [2.24, 2.45) is 0 Å². The number of carbonyl (C=O) groups is 2. The van der Waals surface area contributed by atoms with Crippen LogP contribution in [0.3, 0.4) is 0 Å². The standard InChI is InChI=1S/C18H14FN3O2S/c19-14-8-4-7-13(9-14)16(23)22-18-21-15(11-25-18)17(24)20-10-12-5-2-1-3-6-12/h1-9,11H,10H2,(H,20,24)(H,21,22,23). The highest BCUT2D eigenvalue weighted by Gasteiger charge is 2.13. The average molecular weight is 355 g/mol. The van der Waals surface area contributed by atoms with Crippen molar-refractivity contribution in [1.82, 2.24) is 10.3 Å². The van der Waals surface area contributed by atoms with Gasteiger partial charge in [-0.2, -0.15) is 0 Å². The van der Waals surface area contributed by atoms with Crippen LogP contribution in [0.5, 0.6) is 0 Å². The molecule has 2 amide bonds. The van der Waals surface area contributed by atoms with Gasteiger partial charge >= 0.3 is 0 Å². The van der Waals surface area contributed by atoms with Gasteiger partial charge in [0.1, 0.15) is 11.5 Å². The molecule has 0 fully saturated rings. The summed E-state index contributed by atoms with van der Waals surface area (Å²) in [6.45, 7) is 0.391. The van der Waals surface area contributed by atoms with Crippen molar-refractivity contribution in [3.8, 4) is 0 Å². The molecule has 2 N–H and O–H groups in total. The summed E-state index contributed by atoms with van der Waals surface area (Å²) in [5.74, 6) is -1.30. The van der Waals surface area contributed by atoms with Crippen LogP contribution in [-0.4, -0.2) is 16.8 Å². The summed E-state index contributed by atoms with van der Waals surface area (Å²) < 4.78 is 13.2. The van der Waals surface area contributed by atoms with Gasteiger partial charge in [0, 0.05) is 17.5 Å². The largest absolute Gasteiger partial charge is 0.347 e.